The molecule has 0 bridgehead atoms. The quantitative estimate of drug-likeness (QED) is 0.172. The van der Waals surface area contributed by atoms with Gasteiger partial charge in [0, 0.05) is 37.3 Å². The van der Waals surface area contributed by atoms with Gasteiger partial charge in [-0.25, -0.2) is 0 Å². The second-order valence-corrected chi connectivity index (χ2v) is 11.1. The Labute approximate surface area is 243 Å². The average Bonchev–Trinajstić information content (AvgIpc) is 2.97. The van der Waals surface area contributed by atoms with E-state index in [0.29, 0.717) is 24.2 Å². The van der Waals surface area contributed by atoms with Crippen molar-refractivity contribution in [1.82, 2.24) is 20.4 Å². The molecule has 0 aromatic heterocycles. The van der Waals surface area contributed by atoms with Crippen molar-refractivity contribution in [2.24, 2.45) is 0 Å². The standard InChI is InChI=1S/C34H54N4O2/c1-5-7-9-11-13-25-37(3)27-23-35-33(39)31-19-15-29(16-20-31)30-17-21-32(22-18-30)34(40)36-24-28-38(4)26-14-12-10-8-6-2/h15-22H,5-14,23-28H2,1-4H3,(H,35,39)(H,36,40). The van der Waals surface area contributed by atoms with E-state index in [1.807, 2.05) is 48.5 Å². The largest absolute Gasteiger partial charge is 0.351 e. The number of carbonyl (C=O) groups is 2. The minimum absolute atomic E-state index is 0.0444. The van der Waals surface area contributed by atoms with Gasteiger partial charge >= 0.3 is 0 Å². The van der Waals surface area contributed by atoms with Gasteiger partial charge in [0.2, 0.25) is 0 Å². The molecule has 2 rings (SSSR count). The van der Waals surface area contributed by atoms with Crippen LogP contribution in [-0.2, 0) is 0 Å². The Morgan fingerprint density at radius 3 is 1.23 bits per heavy atom. The molecule has 2 N–H and O–H groups in total. The number of nitrogens with zero attached hydrogens (tertiary/aromatic N) is 2. The SMILES string of the molecule is CCCCCCCN(C)CCNC(=O)c1ccc(-c2ccc(C(=O)NCCN(C)CCCCCCC)cc2)cc1. The maximum absolute atomic E-state index is 12.6. The van der Waals surface area contributed by atoms with Crippen molar-refractivity contribution >= 4 is 11.8 Å². The van der Waals surface area contributed by atoms with Gasteiger partial charge in [-0.1, -0.05) is 89.5 Å². The summed E-state index contributed by atoms with van der Waals surface area (Å²) in [7, 11) is 4.23. The van der Waals surface area contributed by atoms with E-state index in [-0.39, 0.29) is 11.8 Å². The molecule has 0 aliphatic carbocycles. The summed E-state index contributed by atoms with van der Waals surface area (Å²) in [5, 5.41) is 6.06. The van der Waals surface area contributed by atoms with Crippen LogP contribution in [0, 0.1) is 0 Å². The molecule has 2 amide bonds. The molecule has 0 spiro atoms. The first-order valence-corrected chi connectivity index (χ1v) is 15.6. The van der Waals surface area contributed by atoms with Crippen molar-refractivity contribution < 1.29 is 9.59 Å². The molecule has 6 heteroatoms. The van der Waals surface area contributed by atoms with Crippen molar-refractivity contribution in [3.8, 4) is 11.1 Å². The van der Waals surface area contributed by atoms with E-state index in [0.717, 1.165) is 37.3 Å². The first kappa shape index (κ1) is 33.5. The first-order chi connectivity index (χ1) is 19.4. The molecular formula is C34H54N4O2. The molecule has 6 nitrogen and oxygen atoms in total. The van der Waals surface area contributed by atoms with E-state index >= 15 is 0 Å². The van der Waals surface area contributed by atoms with Crippen LogP contribution in [0.25, 0.3) is 11.1 Å². The summed E-state index contributed by atoms with van der Waals surface area (Å²) in [5.41, 5.74) is 3.36. The summed E-state index contributed by atoms with van der Waals surface area (Å²) in [6.45, 7) is 9.62. The fourth-order valence-electron chi connectivity index (χ4n) is 4.75. The van der Waals surface area contributed by atoms with Crippen molar-refractivity contribution in [3.63, 3.8) is 0 Å². The molecule has 40 heavy (non-hydrogen) atoms. The highest BCUT2D eigenvalue weighted by Crippen LogP contribution is 2.20. The van der Waals surface area contributed by atoms with Gasteiger partial charge in [0.15, 0.2) is 0 Å². The maximum Gasteiger partial charge on any atom is 0.251 e. The van der Waals surface area contributed by atoms with E-state index in [9.17, 15) is 9.59 Å². The number of nitrogens with one attached hydrogen (secondary N) is 2. The van der Waals surface area contributed by atoms with E-state index in [1.165, 1.54) is 64.2 Å². The molecule has 0 heterocycles. The monoisotopic (exact) mass is 550 g/mol. The zero-order chi connectivity index (χ0) is 29.0. The molecule has 222 valence electrons. The number of hydrogen-bond donors (Lipinski definition) is 2. The average molecular weight is 551 g/mol. The van der Waals surface area contributed by atoms with Crippen molar-refractivity contribution in [1.29, 1.82) is 0 Å². The van der Waals surface area contributed by atoms with Crippen LogP contribution < -0.4 is 10.6 Å². The van der Waals surface area contributed by atoms with Gasteiger partial charge < -0.3 is 20.4 Å². The fourth-order valence-corrected chi connectivity index (χ4v) is 4.75. The summed E-state index contributed by atoms with van der Waals surface area (Å²) in [4.78, 5) is 29.7. The zero-order valence-electron chi connectivity index (χ0n) is 25.6. The van der Waals surface area contributed by atoms with Crippen molar-refractivity contribution in [2.45, 2.75) is 78.1 Å². The van der Waals surface area contributed by atoms with E-state index in [2.05, 4.69) is 48.4 Å². The second kappa shape index (κ2) is 20.2. The fraction of sp³-hybridized carbons (Fsp3) is 0.588. The summed E-state index contributed by atoms with van der Waals surface area (Å²) >= 11 is 0. The lowest BCUT2D eigenvalue weighted by atomic mass is 10.0. The lowest BCUT2D eigenvalue weighted by Crippen LogP contribution is -2.33. The van der Waals surface area contributed by atoms with Crippen LogP contribution in [0.3, 0.4) is 0 Å². The van der Waals surface area contributed by atoms with Crippen LogP contribution in [0.1, 0.15) is 98.8 Å². The third kappa shape index (κ3) is 13.6. The summed E-state index contributed by atoms with van der Waals surface area (Å²) in [5.74, 6) is -0.0888. The number of likely N-dealkylation sites (N-methyl/N-ethyl adjacent to an activating group) is 2. The van der Waals surface area contributed by atoms with Gasteiger partial charge in [0.25, 0.3) is 11.8 Å². The summed E-state index contributed by atoms with van der Waals surface area (Å²) in [6, 6.07) is 15.3. The molecule has 0 saturated carbocycles. The van der Waals surface area contributed by atoms with E-state index in [1.54, 1.807) is 0 Å². The second-order valence-electron chi connectivity index (χ2n) is 11.1. The molecule has 2 aromatic rings. The lowest BCUT2D eigenvalue weighted by molar-refractivity contribution is 0.0941. The maximum atomic E-state index is 12.6. The van der Waals surface area contributed by atoms with Gasteiger partial charge in [0.05, 0.1) is 0 Å². The van der Waals surface area contributed by atoms with Gasteiger partial charge in [-0.3, -0.25) is 9.59 Å². The Bertz CT molecular complexity index is 879. The predicted octanol–water partition coefficient (Wildman–Crippen LogP) is 6.62. The molecule has 0 aliphatic rings. The Kier molecular flexibility index (Phi) is 16.9. The molecule has 0 unspecified atom stereocenters. The third-order valence-corrected chi connectivity index (χ3v) is 7.47. The van der Waals surface area contributed by atoms with Crippen LogP contribution >= 0.6 is 0 Å². The molecule has 0 atom stereocenters. The molecule has 0 aliphatic heterocycles. The number of benzene rings is 2. The van der Waals surface area contributed by atoms with Gasteiger partial charge in [-0.05, 0) is 75.4 Å². The highest BCUT2D eigenvalue weighted by molar-refractivity contribution is 5.95. The van der Waals surface area contributed by atoms with Crippen LogP contribution in [-0.4, -0.2) is 75.0 Å². The summed E-state index contributed by atoms with van der Waals surface area (Å²) in [6.07, 6.45) is 12.8. The van der Waals surface area contributed by atoms with Gasteiger partial charge in [-0.2, -0.15) is 0 Å². The highest BCUT2D eigenvalue weighted by Gasteiger charge is 2.09. The van der Waals surface area contributed by atoms with Crippen LogP contribution in [0.15, 0.2) is 48.5 Å². The van der Waals surface area contributed by atoms with Crippen LogP contribution in [0.5, 0.6) is 0 Å². The van der Waals surface area contributed by atoms with E-state index in [4.69, 9.17) is 0 Å². The molecule has 2 aromatic carbocycles. The minimum atomic E-state index is -0.0444. The number of amides is 2. The Balaban J connectivity index is 1.70. The lowest BCUT2D eigenvalue weighted by Gasteiger charge is -2.17. The predicted molar refractivity (Wildman–Crippen MR) is 169 cm³/mol. The molecule has 0 radical (unpaired) electrons. The minimum Gasteiger partial charge on any atom is -0.351 e. The third-order valence-electron chi connectivity index (χ3n) is 7.47. The van der Waals surface area contributed by atoms with Crippen molar-refractivity contribution in [3.05, 3.63) is 59.7 Å². The van der Waals surface area contributed by atoms with Crippen LogP contribution in [0.4, 0.5) is 0 Å². The Morgan fingerprint density at radius 2 is 0.875 bits per heavy atom. The Morgan fingerprint density at radius 1 is 0.525 bits per heavy atom. The van der Waals surface area contributed by atoms with Crippen molar-refractivity contribution in [2.75, 3.05) is 53.4 Å². The van der Waals surface area contributed by atoms with Gasteiger partial charge in [0.1, 0.15) is 0 Å². The topological polar surface area (TPSA) is 64.7 Å². The Hall–Kier alpha value is -2.70. The number of rotatable bonds is 21. The van der Waals surface area contributed by atoms with Gasteiger partial charge in [-0.15, -0.1) is 0 Å². The molecular weight excluding hydrogens is 496 g/mol. The number of hydrogen-bond acceptors (Lipinski definition) is 4. The van der Waals surface area contributed by atoms with Crippen LogP contribution in [0.2, 0.25) is 0 Å². The number of carbonyl (C=O) groups excluding carboxylic acids is 2. The first-order valence-electron chi connectivity index (χ1n) is 15.6. The normalized spacial score (nSPS) is 11.2. The number of unbranched alkanes of at least 4 members (excludes halogenated alkanes) is 8. The summed E-state index contributed by atoms with van der Waals surface area (Å²) < 4.78 is 0. The zero-order valence-corrected chi connectivity index (χ0v) is 25.6. The molecule has 0 fully saturated rings. The van der Waals surface area contributed by atoms with E-state index < -0.39 is 0 Å². The smallest absolute Gasteiger partial charge is 0.251 e. The molecule has 0 saturated heterocycles. The highest BCUT2D eigenvalue weighted by atomic mass is 16.2.